The first-order chi connectivity index (χ1) is 7.13. The first kappa shape index (κ1) is 11.7. The summed E-state index contributed by atoms with van der Waals surface area (Å²) in [6.07, 6.45) is 0. The van der Waals surface area contributed by atoms with Crippen LogP contribution in [-0.2, 0) is 16.1 Å². The average molecular weight is 207 g/mol. The molecule has 0 radical (unpaired) electrons. The molecular formula is C12H17NO2. The van der Waals surface area contributed by atoms with Crippen molar-refractivity contribution in [2.75, 3.05) is 6.54 Å². The quantitative estimate of drug-likeness (QED) is 0.766. The molecule has 2 N–H and O–H groups in total. The largest absolute Gasteiger partial charge is 0.460 e. The minimum Gasteiger partial charge on any atom is -0.460 e. The minimum absolute atomic E-state index is 0.0656. The topological polar surface area (TPSA) is 52.3 Å². The van der Waals surface area contributed by atoms with Crippen molar-refractivity contribution in [2.45, 2.75) is 26.4 Å². The van der Waals surface area contributed by atoms with Gasteiger partial charge in [0.15, 0.2) is 0 Å². The van der Waals surface area contributed by atoms with Gasteiger partial charge in [-0.25, -0.2) is 0 Å². The molecule has 0 unspecified atom stereocenters. The lowest BCUT2D eigenvalue weighted by Gasteiger charge is -2.08. The second-order valence-electron chi connectivity index (χ2n) is 3.76. The van der Waals surface area contributed by atoms with E-state index < -0.39 is 0 Å². The Labute approximate surface area is 90.2 Å². The maximum atomic E-state index is 10.9. The molecule has 1 aromatic rings. The van der Waals surface area contributed by atoms with E-state index in [0.717, 1.165) is 5.56 Å². The highest BCUT2D eigenvalue weighted by atomic mass is 16.5. The van der Waals surface area contributed by atoms with Crippen molar-refractivity contribution >= 4 is 5.97 Å². The van der Waals surface area contributed by atoms with Gasteiger partial charge in [0.05, 0.1) is 6.54 Å². The lowest BCUT2D eigenvalue weighted by atomic mass is 10.0. The number of hydrogen-bond acceptors (Lipinski definition) is 3. The summed E-state index contributed by atoms with van der Waals surface area (Å²) in [5.41, 5.74) is 7.39. The molecule has 3 nitrogen and oxygen atoms in total. The number of ether oxygens (including phenoxy) is 1. The lowest BCUT2D eigenvalue weighted by molar-refractivity contribution is -0.143. The molecule has 0 saturated carbocycles. The van der Waals surface area contributed by atoms with E-state index in [1.54, 1.807) is 0 Å². The standard InChI is InChI=1S/C12H17NO2/c1-9(2)11-5-3-4-10(6-11)8-15-12(14)7-13/h3-6,9H,7-8,13H2,1-2H3. The van der Waals surface area contributed by atoms with Gasteiger partial charge in [0.1, 0.15) is 6.61 Å². The maximum absolute atomic E-state index is 10.9. The molecule has 0 amide bonds. The van der Waals surface area contributed by atoms with Crippen molar-refractivity contribution in [3.63, 3.8) is 0 Å². The molecule has 15 heavy (non-hydrogen) atoms. The highest BCUT2D eigenvalue weighted by Crippen LogP contribution is 2.15. The number of hydrogen-bond donors (Lipinski definition) is 1. The van der Waals surface area contributed by atoms with Crippen molar-refractivity contribution in [1.29, 1.82) is 0 Å². The van der Waals surface area contributed by atoms with Crippen molar-refractivity contribution in [3.8, 4) is 0 Å². The third-order valence-corrected chi connectivity index (χ3v) is 2.18. The van der Waals surface area contributed by atoms with Crippen LogP contribution in [0.1, 0.15) is 30.9 Å². The van der Waals surface area contributed by atoms with Crippen molar-refractivity contribution in [3.05, 3.63) is 35.4 Å². The van der Waals surface area contributed by atoms with Crippen LogP contribution in [0, 0.1) is 0 Å². The van der Waals surface area contributed by atoms with Gasteiger partial charge >= 0.3 is 5.97 Å². The van der Waals surface area contributed by atoms with Gasteiger partial charge in [0, 0.05) is 0 Å². The van der Waals surface area contributed by atoms with E-state index in [2.05, 4.69) is 26.0 Å². The van der Waals surface area contributed by atoms with Crippen molar-refractivity contribution < 1.29 is 9.53 Å². The number of nitrogens with two attached hydrogens (primary N) is 1. The third-order valence-electron chi connectivity index (χ3n) is 2.18. The highest BCUT2D eigenvalue weighted by Gasteiger charge is 2.02. The SMILES string of the molecule is CC(C)c1cccc(COC(=O)CN)c1. The first-order valence-corrected chi connectivity index (χ1v) is 5.08. The summed E-state index contributed by atoms with van der Waals surface area (Å²) in [4.78, 5) is 10.9. The monoisotopic (exact) mass is 207 g/mol. The fourth-order valence-electron chi connectivity index (χ4n) is 1.26. The highest BCUT2D eigenvalue weighted by molar-refractivity contribution is 5.71. The Balaban J connectivity index is 2.61. The predicted molar refractivity (Wildman–Crippen MR) is 59.4 cm³/mol. The Morgan fingerprint density at radius 1 is 1.47 bits per heavy atom. The number of rotatable bonds is 4. The van der Waals surface area contributed by atoms with E-state index >= 15 is 0 Å². The molecule has 0 heterocycles. The van der Waals surface area contributed by atoms with Crippen LogP contribution >= 0.6 is 0 Å². The summed E-state index contributed by atoms with van der Waals surface area (Å²) < 4.78 is 4.95. The summed E-state index contributed by atoms with van der Waals surface area (Å²) in [5.74, 6) is 0.111. The summed E-state index contributed by atoms with van der Waals surface area (Å²) in [6.45, 7) is 4.50. The van der Waals surface area contributed by atoms with Gasteiger partial charge in [0.25, 0.3) is 0 Å². The van der Waals surface area contributed by atoms with Crippen LogP contribution in [0.15, 0.2) is 24.3 Å². The average Bonchev–Trinajstić information content (AvgIpc) is 2.26. The smallest absolute Gasteiger partial charge is 0.320 e. The number of benzene rings is 1. The van der Waals surface area contributed by atoms with E-state index in [1.165, 1.54) is 5.56 Å². The number of esters is 1. The summed E-state index contributed by atoms with van der Waals surface area (Å²) in [5, 5.41) is 0. The predicted octanol–water partition coefficient (Wildman–Crippen LogP) is 1.81. The molecule has 0 aliphatic carbocycles. The van der Waals surface area contributed by atoms with Gasteiger partial charge < -0.3 is 10.5 Å². The molecule has 82 valence electrons. The molecule has 0 bridgehead atoms. The Kier molecular flexibility index (Phi) is 4.31. The van der Waals surface area contributed by atoms with Gasteiger partial charge in [-0.3, -0.25) is 4.79 Å². The van der Waals surface area contributed by atoms with E-state index in [9.17, 15) is 4.79 Å². The van der Waals surface area contributed by atoms with E-state index in [0.29, 0.717) is 12.5 Å². The molecule has 3 heteroatoms. The molecule has 0 saturated heterocycles. The van der Waals surface area contributed by atoms with Gasteiger partial charge in [-0.15, -0.1) is 0 Å². The van der Waals surface area contributed by atoms with Crippen LogP contribution in [0.5, 0.6) is 0 Å². The molecule has 0 spiro atoms. The molecule has 1 rings (SSSR count). The second kappa shape index (κ2) is 5.51. The van der Waals surface area contributed by atoms with E-state index in [1.807, 2.05) is 12.1 Å². The fourth-order valence-corrected chi connectivity index (χ4v) is 1.26. The van der Waals surface area contributed by atoms with Gasteiger partial charge in [-0.05, 0) is 17.0 Å². The van der Waals surface area contributed by atoms with Gasteiger partial charge in [-0.2, -0.15) is 0 Å². The van der Waals surface area contributed by atoms with Gasteiger partial charge in [0.2, 0.25) is 0 Å². The third kappa shape index (κ3) is 3.72. The van der Waals surface area contributed by atoms with Crippen LogP contribution in [0.25, 0.3) is 0 Å². The van der Waals surface area contributed by atoms with Crippen LogP contribution in [0.2, 0.25) is 0 Å². The Bertz CT molecular complexity index is 334. The van der Waals surface area contributed by atoms with Gasteiger partial charge in [-0.1, -0.05) is 38.1 Å². The molecule has 0 aromatic heterocycles. The zero-order valence-corrected chi connectivity index (χ0v) is 9.19. The zero-order chi connectivity index (χ0) is 11.3. The molecule has 1 aromatic carbocycles. The minimum atomic E-state index is -0.370. The van der Waals surface area contributed by atoms with E-state index in [4.69, 9.17) is 10.5 Å². The van der Waals surface area contributed by atoms with Crippen LogP contribution in [-0.4, -0.2) is 12.5 Å². The second-order valence-corrected chi connectivity index (χ2v) is 3.76. The molecule has 0 atom stereocenters. The first-order valence-electron chi connectivity index (χ1n) is 5.08. The fraction of sp³-hybridized carbons (Fsp3) is 0.417. The van der Waals surface area contributed by atoms with Crippen molar-refractivity contribution in [1.82, 2.24) is 0 Å². The van der Waals surface area contributed by atoms with Crippen LogP contribution in [0.4, 0.5) is 0 Å². The molecule has 0 fully saturated rings. The number of carbonyl (C=O) groups is 1. The summed E-state index contributed by atoms with van der Waals surface area (Å²) in [7, 11) is 0. The van der Waals surface area contributed by atoms with Crippen LogP contribution < -0.4 is 5.73 Å². The number of carbonyl (C=O) groups excluding carboxylic acids is 1. The molecular weight excluding hydrogens is 190 g/mol. The Morgan fingerprint density at radius 2 is 2.20 bits per heavy atom. The van der Waals surface area contributed by atoms with Crippen LogP contribution in [0.3, 0.4) is 0 Å². The molecule has 0 aliphatic heterocycles. The Hall–Kier alpha value is -1.35. The molecule has 0 aliphatic rings. The zero-order valence-electron chi connectivity index (χ0n) is 9.19. The summed E-state index contributed by atoms with van der Waals surface area (Å²) >= 11 is 0. The lowest BCUT2D eigenvalue weighted by Crippen LogP contribution is -2.16. The maximum Gasteiger partial charge on any atom is 0.320 e. The summed E-state index contributed by atoms with van der Waals surface area (Å²) in [6, 6.07) is 8.03. The normalized spacial score (nSPS) is 10.4. The Morgan fingerprint density at radius 3 is 2.80 bits per heavy atom. The van der Waals surface area contributed by atoms with E-state index in [-0.39, 0.29) is 12.5 Å². The van der Waals surface area contributed by atoms with Crippen molar-refractivity contribution in [2.24, 2.45) is 5.73 Å².